The molecule has 0 bridgehead atoms. The summed E-state index contributed by atoms with van der Waals surface area (Å²) in [5.74, 6) is -8.41. The van der Waals surface area contributed by atoms with Gasteiger partial charge in [-0.15, -0.1) is 0 Å². The lowest BCUT2D eigenvalue weighted by Gasteiger charge is -2.39. The van der Waals surface area contributed by atoms with Crippen LogP contribution < -0.4 is 0 Å². The van der Waals surface area contributed by atoms with Crippen molar-refractivity contribution in [2.45, 2.75) is 85.0 Å². The first-order valence-corrected chi connectivity index (χ1v) is 11.1. The number of hydrogen-bond acceptors (Lipinski definition) is 3. The molecule has 0 aromatic heterocycles. The summed E-state index contributed by atoms with van der Waals surface area (Å²) in [6.45, 7) is 8.34. The molecule has 1 rings (SSSR count). The molecule has 174 valence electrons. The van der Waals surface area contributed by atoms with Crippen molar-refractivity contribution in [2.75, 3.05) is 19.8 Å². The fraction of sp³-hybridized carbons (Fsp3) is 0.739. The lowest BCUT2D eigenvalue weighted by molar-refractivity contribution is -0.402. The van der Waals surface area contributed by atoms with E-state index in [1.165, 1.54) is 6.42 Å². The van der Waals surface area contributed by atoms with Gasteiger partial charge in [0.15, 0.2) is 23.3 Å². The highest BCUT2D eigenvalue weighted by atomic mass is 19.2. The van der Waals surface area contributed by atoms with Gasteiger partial charge in [-0.3, -0.25) is 0 Å². The zero-order valence-corrected chi connectivity index (χ0v) is 18.7. The van der Waals surface area contributed by atoms with Crippen molar-refractivity contribution in [2.24, 2.45) is 5.92 Å². The van der Waals surface area contributed by atoms with Gasteiger partial charge >= 0.3 is 0 Å². The molecule has 0 amide bonds. The quantitative estimate of drug-likeness (QED) is 0.0926. The van der Waals surface area contributed by atoms with Gasteiger partial charge in [0, 0.05) is 25.7 Å². The van der Waals surface area contributed by atoms with Gasteiger partial charge in [-0.05, 0) is 45.2 Å². The summed E-state index contributed by atoms with van der Waals surface area (Å²) in [7, 11) is 0. The SMILES string of the molecule is CCCCCCCCC(Cc1cc(F)c(F)c(F)c1F)C(OCC)(OCC)OCC. The van der Waals surface area contributed by atoms with Crippen LogP contribution in [0.3, 0.4) is 0 Å². The van der Waals surface area contributed by atoms with Crippen LogP contribution in [0, 0.1) is 29.2 Å². The van der Waals surface area contributed by atoms with E-state index in [1.54, 1.807) is 20.8 Å². The lowest BCUT2D eigenvalue weighted by Crippen LogP contribution is -2.47. The molecule has 0 heterocycles. The van der Waals surface area contributed by atoms with Crippen LogP contribution in [-0.2, 0) is 20.6 Å². The third-order valence-corrected chi connectivity index (χ3v) is 5.09. The minimum atomic E-state index is -1.81. The van der Waals surface area contributed by atoms with Gasteiger partial charge in [0.05, 0.1) is 0 Å². The monoisotopic (exact) mass is 436 g/mol. The summed E-state index contributed by atoms with van der Waals surface area (Å²) in [4.78, 5) is 0. The molecule has 1 aromatic carbocycles. The van der Waals surface area contributed by atoms with Crippen LogP contribution in [0.4, 0.5) is 17.6 Å². The predicted molar refractivity (Wildman–Crippen MR) is 109 cm³/mol. The molecule has 7 heteroatoms. The first kappa shape index (κ1) is 26.9. The second-order valence-corrected chi connectivity index (χ2v) is 7.32. The Hall–Kier alpha value is -1.18. The van der Waals surface area contributed by atoms with Crippen LogP contribution >= 0.6 is 0 Å². The zero-order valence-electron chi connectivity index (χ0n) is 18.7. The molecule has 0 fully saturated rings. The molecule has 30 heavy (non-hydrogen) atoms. The Bertz CT molecular complexity index is 608. The molecule has 1 atom stereocenters. The summed E-state index contributed by atoms with van der Waals surface area (Å²) in [6.07, 6.45) is 6.73. The van der Waals surface area contributed by atoms with Crippen molar-refractivity contribution < 1.29 is 31.8 Å². The number of ether oxygens (including phenoxy) is 3. The summed E-state index contributed by atoms with van der Waals surface area (Å²) in [5, 5.41) is 0. The van der Waals surface area contributed by atoms with E-state index in [9.17, 15) is 17.6 Å². The van der Waals surface area contributed by atoms with Crippen LogP contribution in [0.2, 0.25) is 0 Å². The molecular formula is C23H36F4O3. The highest BCUT2D eigenvalue weighted by molar-refractivity contribution is 5.22. The number of hydrogen-bond donors (Lipinski definition) is 0. The van der Waals surface area contributed by atoms with Crippen molar-refractivity contribution in [3.05, 3.63) is 34.9 Å². The minimum absolute atomic E-state index is 0.102. The Morgan fingerprint density at radius 3 is 1.80 bits per heavy atom. The van der Waals surface area contributed by atoms with Crippen LogP contribution in [0.1, 0.15) is 78.2 Å². The van der Waals surface area contributed by atoms with Crippen LogP contribution in [-0.4, -0.2) is 25.8 Å². The average Bonchev–Trinajstić information content (AvgIpc) is 2.72. The molecule has 0 aliphatic heterocycles. The number of rotatable bonds is 16. The molecule has 0 saturated carbocycles. The van der Waals surface area contributed by atoms with Crippen molar-refractivity contribution >= 4 is 0 Å². The van der Waals surface area contributed by atoms with E-state index in [0.717, 1.165) is 32.1 Å². The second-order valence-electron chi connectivity index (χ2n) is 7.32. The smallest absolute Gasteiger partial charge is 0.286 e. The van der Waals surface area contributed by atoms with Gasteiger partial charge in [-0.2, -0.15) is 0 Å². The summed E-state index contributed by atoms with van der Waals surface area (Å²) in [5.41, 5.74) is -0.258. The maximum absolute atomic E-state index is 14.4. The molecule has 1 aromatic rings. The van der Waals surface area contributed by atoms with Gasteiger partial charge in [0.2, 0.25) is 0 Å². The molecular weight excluding hydrogens is 400 g/mol. The van der Waals surface area contributed by atoms with Gasteiger partial charge in [0.1, 0.15) is 0 Å². The molecule has 3 nitrogen and oxygen atoms in total. The highest BCUT2D eigenvalue weighted by Gasteiger charge is 2.42. The van der Waals surface area contributed by atoms with E-state index in [1.807, 2.05) is 0 Å². The van der Waals surface area contributed by atoms with E-state index in [2.05, 4.69) is 6.92 Å². The molecule has 0 saturated heterocycles. The molecule has 0 aliphatic carbocycles. The van der Waals surface area contributed by atoms with Crippen LogP contribution in [0.5, 0.6) is 0 Å². The van der Waals surface area contributed by atoms with Crippen molar-refractivity contribution in [1.29, 1.82) is 0 Å². The van der Waals surface area contributed by atoms with Gasteiger partial charge in [-0.25, -0.2) is 17.6 Å². The van der Waals surface area contributed by atoms with Gasteiger partial charge in [0.25, 0.3) is 5.97 Å². The largest absolute Gasteiger partial charge is 0.328 e. The number of unbranched alkanes of at least 4 members (excludes halogenated alkanes) is 5. The Morgan fingerprint density at radius 2 is 1.27 bits per heavy atom. The van der Waals surface area contributed by atoms with E-state index >= 15 is 0 Å². The maximum atomic E-state index is 14.4. The predicted octanol–water partition coefficient (Wildman–Crippen LogP) is 6.92. The fourth-order valence-corrected chi connectivity index (χ4v) is 3.69. The normalized spacial score (nSPS) is 13.1. The van der Waals surface area contributed by atoms with E-state index in [0.29, 0.717) is 12.5 Å². The van der Waals surface area contributed by atoms with Crippen molar-refractivity contribution in [3.63, 3.8) is 0 Å². The fourth-order valence-electron chi connectivity index (χ4n) is 3.69. The minimum Gasteiger partial charge on any atom is -0.328 e. The maximum Gasteiger partial charge on any atom is 0.286 e. The number of benzene rings is 1. The first-order chi connectivity index (χ1) is 14.4. The highest BCUT2D eigenvalue weighted by Crippen LogP contribution is 2.35. The Morgan fingerprint density at radius 1 is 0.733 bits per heavy atom. The first-order valence-electron chi connectivity index (χ1n) is 11.1. The van der Waals surface area contributed by atoms with Crippen LogP contribution in [0.15, 0.2) is 6.07 Å². The van der Waals surface area contributed by atoms with E-state index in [4.69, 9.17) is 14.2 Å². The van der Waals surface area contributed by atoms with Gasteiger partial charge < -0.3 is 14.2 Å². The second kappa shape index (κ2) is 14.0. The van der Waals surface area contributed by atoms with E-state index < -0.39 is 35.2 Å². The standard InChI is InChI=1S/C23H36F4O3/c1-5-9-10-11-12-13-14-18(23(28-6-2,29-7-3)30-8-4)15-17-16-19(24)21(26)22(27)20(17)25/h16,18H,5-15H2,1-4H3. The lowest BCUT2D eigenvalue weighted by atomic mass is 9.90. The molecule has 0 spiro atoms. The van der Waals surface area contributed by atoms with Crippen molar-refractivity contribution in [1.82, 2.24) is 0 Å². The Balaban J connectivity index is 3.15. The third kappa shape index (κ3) is 7.50. The topological polar surface area (TPSA) is 27.7 Å². The van der Waals surface area contributed by atoms with Crippen molar-refractivity contribution in [3.8, 4) is 0 Å². The van der Waals surface area contributed by atoms with Crippen LogP contribution in [0.25, 0.3) is 0 Å². The molecule has 0 radical (unpaired) electrons. The Kier molecular flexibility index (Phi) is 12.5. The summed E-state index contributed by atoms with van der Waals surface area (Å²) in [6, 6.07) is 0.705. The van der Waals surface area contributed by atoms with Gasteiger partial charge in [-0.1, -0.05) is 45.4 Å². The zero-order chi connectivity index (χ0) is 22.6. The third-order valence-electron chi connectivity index (χ3n) is 5.09. The Labute approximate surface area is 178 Å². The molecule has 1 unspecified atom stereocenters. The number of halogens is 4. The summed E-state index contributed by atoms with van der Waals surface area (Å²) >= 11 is 0. The summed E-state index contributed by atoms with van der Waals surface area (Å²) < 4.78 is 72.8. The average molecular weight is 437 g/mol. The molecule has 0 N–H and O–H groups in total. The van der Waals surface area contributed by atoms with E-state index in [-0.39, 0.29) is 31.8 Å². The molecule has 0 aliphatic rings.